The first kappa shape index (κ1) is 11.4. The SMILES string of the molecule is COC(=O)NCCC12CC3CC(CC(C3)C1)C2. The van der Waals surface area contributed by atoms with E-state index in [1.165, 1.54) is 45.6 Å². The molecule has 3 heteroatoms. The Labute approximate surface area is 103 Å². The molecule has 0 aromatic heterocycles. The highest BCUT2D eigenvalue weighted by Gasteiger charge is 2.50. The molecule has 0 heterocycles. The van der Waals surface area contributed by atoms with Gasteiger partial charge in [0.05, 0.1) is 7.11 Å². The molecule has 4 rings (SSSR count). The maximum Gasteiger partial charge on any atom is 0.406 e. The van der Waals surface area contributed by atoms with E-state index in [0.717, 1.165) is 30.7 Å². The lowest BCUT2D eigenvalue weighted by molar-refractivity contribution is -0.0565. The summed E-state index contributed by atoms with van der Waals surface area (Å²) in [6.45, 7) is 0.791. The molecule has 0 atom stereocenters. The van der Waals surface area contributed by atoms with Crippen molar-refractivity contribution in [3.8, 4) is 0 Å². The second-order valence-electron chi connectivity index (χ2n) is 6.59. The molecule has 4 aliphatic carbocycles. The summed E-state index contributed by atoms with van der Waals surface area (Å²) < 4.78 is 4.62. The number of ether oxygens (including phenoxy) is 1. The fourth-order valence-electron chi connectivity index (χ4n) is 5.10. The molecule has 0 radical (unpaired) electrons. The van der Waals surface area contributed by atoms with E-state index in [1.54, 1.807) is 0 Å². The van der Waals surface area contributed by atoms with Crippen LogP contribution in [0.3, 0.4) is 0 Å². The van der Waals surface area contributed by atoms with Crippen molar-refractivity contribution in [2.75, 3.05) is 13.7 Å². The van der Waals surface area contributed by atoms with E-state index in [4.69, 9.17) is 0 Å². The summed E-state index contributed by atoms with van der Waals surface area (Å²) >= 11 is 0. The van der Waals surface area contributed by atoms with Gasteiger partial charge < -0.3 is 10.1 Å². The highest BCUT2D eigenvalue weighted by atomic mass is 16.5. The molecule has 0 saturated heterocycles. The monoisotopic (exact) mass is 237 g/mol. The number of rotatable bonds is 3. The van der Waals surface area contributed by atoms with E-state index in [2.05, 4.69) is 10.1 Å². The van der Waals surface area contributed by atoms with Gasteiger partial charge in [0.1, 0.15) is 0 Å². The van der Waals surface area contributed by atoms with Crippen molar-refractivity contribution in [3.05, 3.63) is 0 Å². The fourth-order valence-corrected chi connectivity index (χ4v) is 5.10. The minimum atomic E-state index is -0.283. The summed E-state index contributed by atoms with van der Waals surface area (Å²) in [5.41, 5.74) is 0.565. The van der Waals surface area contributed by atoms with E-state index in [-0.39, 0.29) is 6.09 Å². The van der Waals surface area contributed by atoms with Gasteiger partial charge in [0.15, 0.2) is 0 Å². The van der Waals surface area contributed by atoms with Crippen molar-refractivity contribution in [2.45, 2.75) is 44.9 Å². The Morgan fingerprint density at radius 1 is 1.18 bits per heavy atom. The molecule has 0 spiro atoms. The number of amides is 1. The molecule has 4 bridgehead atoms. The zero-order valence-corrected chi connectivity index (χ0v) is 10.7. The summed E-state index contributed by atoms with van der Waals surface area (Å²) in [4.78, 5) is 11.1. The predicted molar refractivity (Wildman–Crippen MR) is 65.6 cm³/mol. The maximum atomic E-state index is 11.1. The molecule has 1 amide bonds. The average Bonchev–Trinajstić information content (AvgIpc) is 2.26. The van der Waals surface area contributed by atoms with E-state index in [0.29, 0.717) is 5.41 Å². The zero-order valence-electron chi connectivity index (χ0n) is 10.7. The summed E-state index contributed by atoms with van der Waals surface area (Å²) in [6, 6.07) is 0. The number of hydrogen-bond acceptors (Lipinski definition) is 2. The van der Waals surface area contributed by atoms with Crippen LogP contribution in [0.15, 0.2) is 0 Å². The zero-order chi connectivity index (χ0) is 11.9. The lowest BCUT2D eigenvalue weighted by Crippen LogP contribution is -2.47. The van der Waals surface area contributed by atoms with Gasteiger partial charge in [0, 0.05) is 6.54 Å². The van der Waals surface area contributed by atoms with Gasteiger partial charge in [-0.1, -0.05) is 0 Å². The minimum Gasteiger partial charge on any atom is -0.453 e. The maximum absolute atomic E-state index is 11.1. The molecular formula is C14H23NO2. The Bertz CT molecular complexity index is 278. The van der Waals surface area contributed by atoms with Crippen LogP contribution in [0.2, 0.25) is 0 Å². The lowest BCUT2D eigenvalue weighted by atomic mass is 9.49. The van der Waals surface area contributed by atoms with Gasteiger partial charge in [-0.2, -0.15) is 0 Å². The summed E-state index contributed by atoms with van der Waals surface area (Å²) in [5, 5.41) is 2.85. The minimum absolute atomic E-state index is 0.283. The van der Waals surface area contributed by atoms with E-state index < -0.39 is 0 Å². The van der Waals surface area contributed by atoms with Gasteiger partial charge in [0.25, 0.3) is 0 Å². The molecule has 96 valence electrons. The number of hydrogen-bond donors (Lipinski definition) is 1. The fraction of sp³-hybridized carbons (Fsp3) is 0.929. The Hall–Kier alpha value is -0.730. The molecule has 3 nitrogen and oxygen atoms in total. The van der Waals surface area contributed by atoms with Gasteiger partial charge >= 0.3 is 6.09 Å². The topological polar surface area (TPSA) is 38.3 Å². The summed E-state index contributed by atoms with van der Waals surface area (Å²) in [7, 11) is 1.43. The van der Waals surface area contributed by atoms with Crippen LogP contribution in [-0.4, -0.2) is 19.7 Å². The number of nitrogens with one attached hydrogen (secondary N) is 1. The average molecular weight is 237 g/mol. The van der Waals surface area contributed by atoms with Crippen LogP contribution in [0.4, 0.5) is 4.79 Å². The number of methoxy groups -OCH3 is 1. The molecule has 4 fully saturated rings. The molecule has 4 saturated carbocycles. The van der Waals surface area contributed by atoms with Crippen LogP contribution in [0.1, 0.15) is 44.9 Å². The molecule has 17 heavy (non-hydrogen) atoms. The number of carbonyl (C=O) groups excluding carboxylic acids is 1. The molecule has 0 aromatic rings. The first-order valence-corrected chi connectivity index (χ1v) is 7.01. The van der Waals surface area contributed by atoms with E-state index in [1.807, 2.05) is 0 Å². The van der Waals surface area contributed by atoms with E-state index in [9.17, 15) is 4.79 Å². The predicted octanol–water partition coefficient (Wildman–Crippen LogP) is 2.95. The lowest BCUT2D eigenvalue weighted by Gasteiger charge is -2.57. The largest absolute Gasteiger partial charge is 0.453 e. The normalized spacial score (nSPS) is 42.5. The Morgan fingerprint density at radius 3 is 2.18 bits per heavy atom. The van der Waals surface area contributed by atoms with Crippen molar-refractivity contribution in [3.63, 3.8) is 0 Å². The molecular weight excluding hydrogens is 214 g/mol. The first-order valence-electron chi connectivity index (χ1n) is 7.01. The third-order valence-electron chi connectivity index (χ3n) is 5.28. The van der Waals surface area contributed by atoms with Gasteiger partial charge in [-0.15, -0.1) is 0 Å². The van der Waals surface area contributed by atoms with Gasteiger partial charge in [0.2, 0.25) is 0 Å². The molecule has 0 unspecified atom stereocenters. The number of alkyl carbamates (subject to hydrolysis) is 1. The molecule has 0 aliphatic heterocycles. The van der Waals surface area contributed by atoms with E-state index >= 15 is 0 Å². The van der Waals surface area contributed by atoms with Crippen LogP contribution < -0.4 is 5.32 Å². The second kappa shape index (κ2) is 4.18. The molecule has 0 aromatic carbocycles. The summed E-state index contributed by atoms with van der Waals surface area (Å²) in [6.07, 6.45) is 9.60. The molecule has 4 aliphatic rings. The quantitative estimate of drug-likeness (QED) is 0.819. The van der Waals surface area contributed by atoms with Crippen molar-refractivity contribution in [2.24, 2.45) is 23.2 Å². The van der Waals surface area contributed by atoms with Crippen molar-refractivity contribution < 1.29 is 9.53 Å². The Balaban J connectivity index is 1.57. The third-order valence-corrected chi connectivity index (χ3v) is 5.28. The Kier molecular flexibility index (Phi) is 2.80. The number of carbonyl (C=O) groups is 1. The standard InChI is InChI=1S/C14H23NO2/c1-17-13(16)15-3-2-14-7-10-4-11(8-14)6-12(5-10)9-14/h10-12H,2-9H2,1H3,(H,15,16). The highest BCUT2D eigenvalue weighted by Crippen LogP contribution is 2.61. The second-order valence-corrected chi connectivity index (χ2v) is 6.59. The van der Waals surface area contributed by atoms with Gasteiger partial charge in [-0.25, -0.2) is 4.79 Å². The first-order chi connectivity index (χ1) is 8.19. The van der Waals surface area contributed by atoms with Gasteiger partial charge in [-0.3, -0.25) is 0 Å². The van der Waals surface area contributed by atoms with Crippen LogP contribution >= 0.6 is 0 Å². The van der Waals surface area contributed by atoms with Crippen LogP contribution in [0, 0.1) is 23.2 Å². The highest BCUT2D eigenvalue weighted by molar-refractivity contribution is 5.66. The van der Waals surface area contributed by atoms with Crippen molar-refractivity contribution in [1.29, 1.82) is 0 Å². The third kappa shape index (κ3) is 2.16. The van der Waals surface area contributed by atoms with Crippen molar-refractivity contribution >= 4 is 6.09 Å². The van der Waals surface area contributed by atoms with Crippen LogP contribution in [-0.2, 0) is 4.74 Å². The Morgan fingerprint density at radius 2 is 1.71 bits per heavy atom. The molecule has 1 N–H and O–H groups in total. The summed E-state index contributed by atoms with van der Waals surface area (Å²) in [5.74, 6) is 3.00. The smallest absolute Gasteiger partial charge is 0.406 e. The van der Waals surface area contributed by atoms with Gasteiger partial charge in [-0.05, 0) is 68.1 Å². The van der Waals surface area contributed by atoms with Crippen molar-refractivity contribution in [1.82, 2.24) is 5.32 Å². The van der Waals surface area contributed by atoms with Crippen LogP contribution in [0.25, 0.3) is 0 Å². The van der Waals surface area contributed by atoms with Crippen LogP contribution in [0.5, 0.6) is 0 Å².